The molecule has 2 N–H and O–H groups in total. The van der Waals surface area contributed by atoms with Gasteiger partial charge in [-0.1, -0.05) is 0 Å². The molecule has 0 fully saturated rings. The van der Waals surface area contributed by atoms with Crippen molar-refractivity contribution in [2.75, 3.05) is 5.32 Å². The van der Waals surface area contributed by atoms with E-state index in [0.717, 1.165) is 10.9 Å². The molecule has 0 saturated carbocycles. The van der Waals surface area contributed by atoms with Crippen LogP contribution < -0.4 is 10.9 Å². The van der Waals surface area contributed by atoms with Gasteiger partial charge >= 0.3 is 0 Å². The van der Waals surface area contributed by atoms with Crippen LogP contribution in [0.5, 0.6) is 0 Å². The Balaban J connectivity index is 1.92. The lowest BCUT2D eigenvalue weighted by Crippen LogP contribution is -2.12. The van der Waals surface area contributed by atoms with E-state index in [1.165, 1.54) is 30.3 Å². The highest BCUT2D eigenvalue weighted by Crippen LogP contribution is 2.20. The zero-order chi connectivity index (χ0) is 15.7. The largest absolute Gasteiger partial charge is 0.322 e. The predicted molar refractivity (Wildman–Crippen MR) is 83.7 cm³/mol. The van der Waals surface area contributed by atoms with Crippen LogP contribution in [-0.2, 0) is 0 Å². The summed E-state index contributed by atoms with van der Waals surface area (Å²) < 4.78 is 12.9. The molecule has 22 heavy (non-hydrogen) atoms. The van der Waals surface area contributed by atoms with Gasteiger partial charge in [0.05, 0.1) is 0 Å². The molecule has 1 aromatic heterocycles. The molecule has 3 rings (SSSR count). The summed E-state index contributed by atoms with van der Waals surface area (Å²) in [5.74, 6) is -0.705. The number of H-pyrrole nitrogens is 1. The van der Waals surface area contributed by atoms with Crippen molar-refractivity contribution in [2.24, 2.45) is 0 Å². The first-order valence-corrected chi connectivity index (χ1v) is 6.73. The van der Waals surface area contributed by atoms with E-state index in [4.69, 9.17) is 0 Å². The van der Waals surface area contributed by atoms with Gasteiger partial charge in [0, 0.05) is 28.2 Å². The number of aromatic amines is 1. The molecule has 1 amide bonds. The van der Waals surface area contributed by atoms with E-state index in [-0.39, 0.29) is 17.3 Å². The second kappa shape index (κ2) is 5.44. The summed E-state index contributed by atoms with van der Waals surface area (Å²) in [5, 5.41) is 3.62. The first-order chi connectivity index (χ1) is 10.5. The molecule has 0 aliphatic rings. The minimum absolute atomic E-state index is 0.159. The Hall–Kier alpha value is -2.95. The van der Waals surface area contributed by atoms with Gasteiger partial charge in [0.25, 0.3) is 5.91 Å². The van der Waals surface area contributed by atoms with E-state index in [1.54, 1.807) is 18.2 Å². The number of hydrogen-bond acceptors (Lipinski definition) is 2. The number of hydrogen-bond donors (Lipinski definition) is 2. The van der Waals surface area contributed by atoms with Crippen molar-refractivity contribution in [3.8, 4) is 0 Å². The van der Waals surface area contributed by atoms with Crippen LogP contribution in [0.1, 0.15) is 15.9 Å². The number of anilines is 1. The van der Waals surface area contributed by atoms with E-state index in [0.29, 0.717) is 16.8 Å². The van der Waals surface area contributed by atoms with E-state index in [1.807, 2.05) is 6.92 Å². The lowest BCUT2D eigenvalue weighted by Gasteiger charge is -2.08. The van der Waals surface area contributed by atoms with E-state index in [2.05, 4.69) is 10.3 Å². The fraction of sp³-hybridized carbons (Fsp3) is 0.0588. The highest BCUT2D eigenvalue weighted by molar-refractivity contribution is 6.05. The molecule has 2 aromatic carbocycles. The topological polar surface area (TPSA) is 62.0 Å². The molecule has 0 spiro atoms. The smallest absolute Gasteiger partial charge is 0.255 e. The van der Waals surface area contributed by atoms with Crippen LogP contribution in [0.15, 0.2) is 53.3 Å². The van der Waals surface area contributed by atoms with E-state index >= 15 is 0 Å². The third-order valence-corrected chi connectivity index (χ3v) is 3.41. The maximum atomic E-state index is 12.9. The number of benzene rings is 2. The number of carbonyl (C=O) groups is 1. The predicted octanol–water partition coefficient (Wildman–Crippen LogP) is 3.23. The van der Waals surface area contributed by atoms with Crippen LogP contribution in [-0.4, -0.2) is 10.9 Å². The van der Waals surface area contributed by atoms with Crippen LogP contribution in [0, 0.1) is 12.7 Å². The maximum Gasteiger partial charge on any atom is 0.255 e. The number of carbonyl (C=O) groups excluding carboxylic acids is 1. The number of halogens is 1. The number of nitrogens with one attached hydrogen (secondary N) is 2. The molecule has 1 heterocycles. The summed E-state index contributed by atoms with van der Waals surface area (Å²) in [5.41, 5.74) is 2.37. The fourth-order valence-electron chi connectivity index (χ4n) is 2.30. The van der Waals surface area contributed by atoms with Gasteiger partial charge < -0.3 is 10.3 Å². The normalized spacial score (nSPS) is 10.6. The summed E-state index contributed by atoms with van der Waals surface area (Å²) in [6.07, 6.45) is 0. The second-order valence-corrected chi connectivity index (χ2v) is 5.04. The average Bonchev–Trinajstić information content (AvgIpc) is 2.48. The fourth-order valence-corrected chi connectivity index (χ4v) is 2.30. The van der Waals surface area contributed by atoms with Gasteiger partial charge in [0.2, 0.25) is 5.56 Å². The second-order valence-electron chi connectivity index (χ2n) is 5.04. The van der Waals surface area contributed by atoms with Crippen LogP contribution in [0.4, 0.5) is 10.1 Å². The number of amides is 1. The zero-order valence-corrected chi connectivity index (χ0v) is 11.8. The number of pyridine rings is 1. The Kier molecular flexibility index (Phi) is 3.47. The van der Waals surface area contributed by atoms with Gasteiger partial charge in [-0.25, -0.2) is 4.39 Å². The Morgan fingerprint density at radius 2 is 1.82 bits per heavy atom. The SMILES string of the molecule is Cc1cc(=O)[nH]c2ccc(NC(=O)c3ccc(F)cc3)cc12. The molecule has 0 aliphatic carbocycles. The van der Waals surface area contributed by atoms with Gasteiger partial charge in [-0.2, -0.15) is 0 Å². The van der Waals surface area contributed by atoms with Crippen molar-refractivity contribution < 1.29 is 9.18 Å². The van der Waals surface area contributed by atoms with Crippen molar-refractivity contribution in [1.29, 1.82) is 0 Å². The Morgan fingerprint density at radius 1 is 1.09 bits per heavy atom. The molecule has 4 nitrogen and oxygen atoms in total. The summed E-state index contributed by atoms with van der Waals surface area (Å²) >= 11 is 0. The van der Waals surface area contributed by atoms with Crippen LogP contribution in [0.25, 0.3) is 10.9 Å². The van der Waals surface area contributed by atoms with Gasteiger partial charge in [0.1, 0.15) is 5.82 Å². The van der Waals surface area contributed by atoms with Gasteiger partial charge in [0.15, 0.2) is 0 Å². The summed E-state index contributed by atoms with van der Waals surface area (Å²) in [6.45, 7) is 1.84. The van der Waals surface area contributed by atoms with Gasteiger partial charge in [-0.15, -0.1) is 0 Å². The Morgan fingerprint density at radius 3 is 2.55 bits per heavy atom. The molecule has 0 radical (unpaired) electrons. The number of rotatable bonds is 2. The number of aromatic nitrogens is 1. The van der Waals surface area contributed by atoms with Crippen molar-refractivity contribution in [3.05, 3.63) is 75.8 Å². The third kappa shape index (κ3) is 2.74. The van der Waals surface area contributed by atoms with Crippen molar-refractivity contribution in [1.82, 2.24) is 4.98 Å². The molecule has 5 heteroatoms. The van der Waals surface area contributed by atoms with Crippen LogP contribution >= 0.6 is 0 Å². The van der Waals surface area contributed by atoms with Crippen molar-refractivity contribution in [3.63, 3.8) is 0 Å². The van der Waals surface area contributed by atoms with Crippen LogP contribution in [0.2, 0.25) is 0 Å². The summed E-state index contributed by atoms with van der Waals surface area (Å²) in [6, 6.07) is 12.1. The molecule has 0 aliphatic heterocycles. The van der Waals surface area contributed by atoms with Gasteiger partial charge in [-0.3, -0.25) is 9.59 Å². The van der Waals surface area contributed by atoms with Gasteiger partial charge in [-0.05, 0) is 55.0 Å². The molecular weight excluding hydrogens is 283 g/mol. The van der Waals surface area contributed by atoms with Crippen molar-refractivity contribution >= 4 is 22.5 Å². The highest BCUT2D eigenvalue weighted by Gasteiger charge is 2.07. The minimum Gasteiger partial charge on any atom is -0.322 e. The summed E-state index contributed by atoms with van der Waals surface area (Å²) in [4.78, 5) is 26.3. The average molecular weight is 296 g/mol. The molecular formula is C17H13FN2O2. The van der Waals surface area contributed by atoms with Crippen molar-refractivity contribution in [2.45, 2.75) is 6.92 Å². The lowest BCUT2D eigenvalue weighted by molar-refractivity contribution is 0.102. The Labute approximate surface area is 125 Å². The molecule has 3 aromatic rings. The minimum atomic E-state index is -0.387. The van der Waals surface area contributed by atoms with E-state index in [9.17, 15) is 14.0 Å². The molecule has 0 saturated heterocycles. The third-order valence-electron chi connectivity index (χ3n) is 3.41. The standard InChI is InChI=1S/C17H13FN2O2/c1-10-8-16(21)20-15-7-6-13(9-14(10)15)19-17(22)11-2-4-12(18)5-3-11/h2-9H,1H3,(H,19,22)(H,20,21). The Bertz CT molecular complexity index is 914. The zero-order valence-electron chi connectivity index (χ0n) is 11.8. The summed E-state index contributed by atoms with van der Waals surface area (Å²) in [7, 11) is 0. The number of fused-ring (bicyclic) bond motifs is 1. The molecule has 110 valence electrons. The van der Waals surface area contributed by atoms with E-state index < -0.39 is 0 Å². The molecule has 0 unspecified atom stereocenters. The maximum absolute atomic E-state index is 12.9. The van der Waals surface area contributed by atoms with Crippen LogP contribution in [0.3, 0.4) is 0 Å². The lowest BCUT2D eigenvalue weighted by atomic mass is 10.1. The quantitative estimate of drug-likeness (QED) is 0.762. The number of aryl methyl sites for hydroxylation is 1. The first-order valence-electron chi connectivity index (χ1n) is 6.73. The first kappa shape index (κ1) is 14.0. The molecule has 0 atom stereocenters. The highest BCUT2D eigenvalue weighted by atomic mass is 19.1. The molecule has 0 bridgehead atoms. The monoisotopic (exact) mass is 296 g/mol.